The van der Waals surface area contributed by atoms with Crippen LogP contribution in [0.1, 0.15) is 31.3 Å². The van der Waals surface area contributed by atoms with Crippen LogP contribution in [0.15, 0.2) is 76.8 Å². The van der Waals surface area contributed by atoms with Crippen LogP contribution in [0.5, 0.6) is 17.2 Å². The molecular formula is C27H28N4O3S. The molecule has 0 aliphatic carbocycles. The van der Waals surface area contributed by atoms with Crippen molar-refractivity contribution < 1.29 is 14.2 Å². The van der Waals surface area contributed by atoms with Gasteiger partial charge >= 0.3 is 0 Å². The molecule has 0 atom stereocenters. The van der Waals surface area contributed by atoms with Gasteiger partial charge < -0.3 is 14.2 Å². The van der Waals surface area contributed by atoms with Crippen LogP contribution < -0.4 is 19.6 Å². The van der Waals surface area contributed by atoms with Crippen molar-refractivity contribution in [3.63, 3.8) is 0 Å². The zero-order valence-electron chi connectivity index (χ0n) is 20.2. The number of ether oxygens (including phenoxy) is 3. The van der Waals surface area contributed by atoms with Crippen molar-refractivity contribution in [2.24, 2.45) is 10.1 Å². The normalized spacial score (nSPS) is 11.9. The molecule has 180 valence electrons. The molecule has 1 aromatic heterocycles. The molecule has 0 saturated heterocycles. The van der Waals surface area contributed by atoms with E-state index in [-0.39, 0.29) is 6.10 Å². The summed E-state index contributed by atoms with van der Waals surface area (Å²) in [4.78, 5) is 9.51. The second kappa shape index (κ2) is 11.5. The van der Waals surface area contributed by atoms with E-state index >= 15 is 0 Å². The molecule has 0 aliphatic heterocycles. The highest BCUT2D eigenvalue weighted by atomic mass is 32.1. The van der Waals surface area contributed by atoms with Crippen LogP contribution in [0.3, 0.4) is 0 Å². The lowest BCUT2D eigenvalue weighted by atomic mass is 10.2. The van der Waals surface area contributed by atoms with Crippen LogP contribution in [0, 0.1) is 0 Å². The largest absolute Gasteiger partial charge is 0.494 e. The Morgan fingerprint density at radius 3 is 2.57 bits per heavy atom. The Bertz CT molecular complexity index is 1300. The van der Waals surface area contributed by atoms with Gasteiger partial charge in [-0.05, 0) is 80.9 Å². The minimum atomic E-state index is 0.0558. The number of rotatable bonds is 9. The molecule has 0 aliphatic rings. The van der Waals surface area contributed by atoms with Gasteiger partial charge in [0.1, 0.15) is 5.75 Å². The molecule has 0 spiro atoms. The van der Waals surface area contributed by atoms with Crippen molar-refractivity contribution in [2.45, 2.75) is 26.9 Å². The zero-order chi connectivity index (χ0) is 24.6. The van der Waals surface area contributed by atoms with Crippen LogP contribution in [-0.4, -0.2) is 36.9 Å². The van der Waals surface area contributed by atoms with E-state index in [0.29, 0.717) is 23.9 Å². The summed E-state index contributed by atoms with van der Waals surface area (Å²) in [5, 5.41) is 5.18. The van der Waals surface area contributed by atoms with Gasteiger partial charge in [0.05, 0.1) is 41.9 Å². The van der Waals surface area contributed by atoms with Crippen LogP contribution in [0.25, 0.3) is 10.2 Å². The molecule has 1 heterocycles. The lowest BCUT2D eigenvalue weighted by molar-refractivity contribution is 0.230. The van der Waals surface area contributed by atoms with Crippen LogP contribution in [0.4, 0.5) is 5.69 Å². The number of para-hydroxylation sites is 1. The Balaban J connectivity index is 1.61. The average molecular weight is 489 g/mol. The third kappa shape index (κ3) is 6.36. The predicted molar refractivity (Wildman–Crippen MR) is 143 cm³/mol. The molecule has 0 fully saturated rings. The number of aromatic nitrogens is 1. The van der Waals surface area contributed by atoms with E-state index < -0.39 is 0 Å². The smallest absolute Gasteiger partial charge is 0.183 e. The quantitative estimate of drug-likeness (QED) is 0.173. The first kappa shape index (κ1) is 24.2. The highest BCUT2D eigenvalue weighted by Crippen LogP contribution is 2.28. The van der Waals surface area contributed by atoms with Crippen molar-refractivity contribution in [2.75, 3.05) is 13.7 Å². The van der Waals surface area contributed by atoms with Gasteiger partial charge in [0.25, 0.3) is 0 Å². The first-order valence-electron chi connectivity index (χ1n) is 11.4. The van der Waals surface area contributed by atoms with E-state index in [9.17, 15) is 0 Å². The monoisotopic (exact) mass is 488 g/mol. The van der Waals surface area contributed by atoms with Gasteiger partial charge in [0.2, 0.25) is 0 Å². The fourth-order valence-electron chi connectivity index (χ4n) is 3.29. The third-order valence-electron chi connectivity index (χ3n) is 4.82. The summed E-state index contributed by atoms with van der Waals surface area (Å²) in [6, 6.07) is 21.3. The van der Waals surface area contributed by atoms with Gasteiger partial charge in [-0.2, -0.15) is 5.10 Å². The van der Waals surface area contributed by atoms with E-state index in [1.165, 1.54) is 0 Å². The molecule has 35 heavy (non-hydrogen) atoms. The minimum absolute atomic E-state index is 0.0558. The number of methoxy groups -OCH3 is 1. The SMILES string of the molecule is CCOc1ccc(N=C(NN=Cc2ccc(OC(C)C)c(OC)c2)c2nc3ccccc3s2)cc1. The number of amidine groups is 1. The van der Waals surface area contributed by atoms with Crippen LogP contribution >= 0.6 is 11.3 Å². The second-order valence-electron chi connectivity index (χ2n) is 7.82. The fraction of sp³-hybridized carbons (Fsp3) is 0.222. The zero-order valence-corrected chi connectivity index (χ0v) is 21.0. The number of benzene rings is 3. The molecule has 8 heteroatoms. The highest BCUT2D eigenvalue weighted by Gasteiger charge is 2.11. The molecule has 0 radical (unpaired) electrons. The molecule has 0 unspecified atom stereocenters. The summed E-state index contributed by atoms with van der Waals surface area (Å²) in [5.41, 5.74) is 5.62. The highest BCUT2D eigenvalue weighted by molar-refractivity contribution is 7.20. The number of nitrogens with zero attached hydrogens (tertiary/aromatic N) is 3. The van der Waals surface area contributed by atoms with E-state index in [4.69, 9.17) is 24.2 Å². The number of fused-ring (bicyclic) bond motifs is 1. The molecule has 4 aromatic rings. The number of hydrogen-bond acceptors (Lipinski definition) is 7. The Hall–Kier alpha value is -3.91. The number of hydrazone groups is 1. The van der Waals surface area contributed by atoms with Crippen molar-refractivity contribution in [3.8, 4) is 17.2 Å². The van der Waals surface area contributed by atoms with Crippen LogP contribution in [0.2, 0.25) is 0 Å². The Morgan fingerprint density at radius 1 is 1.06 bits per heavy atom. The summed E-state index contributed by atoms with van der Waals surface area (Å²) in [6.07, 6.45) is 1.77. The Kier molecular flexibility index (Phi) is 7.95. The molecule has 3 aromatic carbocycles. The topological polar surface area (TPSA) is 77.3 Å². The van der Waals surface area contributed by atoms with Crippen molar-refractivity contribution in [1.29, 1.82) is 0 Å². The molecule has 0 amide bonds. The van der Waals surface area contributed by atoms with Crippen molar-refractivity contribution in [1.82, 2.24) is 10.4 Å². The number of thiazole rings is 1. The molecule has 0 bridgehead atoms. The maximum absolute atomic E-state index is 5.79. The second-order valence-corrected chi connectivity index (χ2v) is 8.85. The molecular weight excluding hydrogens is 460 g/mol. The minimum Gasteiger partial charge on any atom is -0.494 e. The fourth-order valence-corrected chi connectivity index (χ4v) is 4.20. The number of nitrogens with one attached hydrogen (secondary N) is 1. The Morgan fingerprint density at radius 2 is 1.86 bits per heavy atom. The van der Waals surface area contributed by atoms with Gasteiger partial charge in [0, 0.05) is 0 Å². The first-order valence-corrected chi connectivity index (χ1v) is 12.2. The summed E-state index contributed by atoms with van der Waals surface area (Å²) in [6.45, 7) is 6.53. The first-order chi connectivity index (χ1) is 17.1. The number of hydrogen-bond donors (Lipinski definition) is 1. The molecule has 0 saturated carbocycles. The lowest BCUT2D eigenvalue weighted by Gasteiger charge is -2.13. The predicted octanol–water partition coefficient (Wildman–Crippen LogP) is 6.19. The molecule has 1 N–H and O–H groups in total. The molecule has 4 rings (SSSR count). The molecule has 7 nitrogen and oxygen atoms in total. The Labute approximate surface area is 209 Å². The van der Waals surface area contributed by atoms with Gasteiger partial charge in [0.15, 0.2) is 22.3 Å². The van der Waals surface area contributed by atoms with Crippen LogP contribution in [-0.2, 0) is 0 Å². The van der Waals surface area contributed by atoms with Gasteiger partial charge in [-0.3, -0.25) is 5.43 Å². The summed E-state index contributed by atoms with van der Waals surface area (Å²) in [7, 11) is 1.62. The van der Waals surface area contributed by atoms with Gasteiger partial charge in [-0.15, -0.1) is 11.3 Å². The summed E-state index contributed by atoms with van der Waals surface area (Å²) in [5.74, 6) is 2.70. The maximum Gasteiger partial charge on any atom is 0.183 e. The van der Waals surface area contributed by atoms with E-state index in [0.717, 1.165) is 32.2 Å². The van der Waals surface area contributed by atoms with E-state index in [1.54, 1.807) is 24.7 Å². The van der Waals surface area contributed by atoms with Crippen molar-refractivity contribution in [3.05, 3.63) is 77.3 Å². The summed E-state index contributed by atoms with van der Waals surface area (Å²) < 4.78 is 17.9. The maximum atomic E-state index is 5.79. The summed E-state index contributed by atoms with van der Waals surface area (Å²) >= 11 is 1.56. The van der Waals surface area contributed by atoms with E-state index in [1.807, 2.05) is 87.5 Å². The number of aliphatic imine (C=N–C) groups is 1. The van der Waals surface area contributed by atoms with Gasteiger partial charge in [-0.1, -0.05) is 12.1 Å². The third-order valence-corrected chi connectivity index (χ3v) is 5.86. The lowest BCUT2D eigenvalue weighted by Crippen LogP contribution is -2.18. The van der Waals surface area contributed by atoms with Gasteiger partial charge in [-0.25, -0.2) is 9.98 Å². The van der Waals surface area contributed by atoms with E-state index in [2.05, 4.69) is 10.5 Å². The average Bonchev–Trinajstić information content (AvgIpc) is 3.29. The van der Waals surface area contributed by atoms with Crippen molar-refractivity contribution >= 4 is 39.3 Å². The standard InChI is InChI=1S/C27H28N4O3S/c1-5-33-21-13-11-20(12-14-21)29-26(27-30-22-8-6-7-9-25(22)35-27)31-28-17-19-10-15-23(34-18(2)3)24(16-19)32-4/h6-18H,5H2,1-4H3,(H,29,31).